The molecule has 2 nitrogen and oxygen atoms in total. The Morgan fingerprint density at radius 1 is 1.11 bits per heavy atom. The average Bonchev–Trinajstić information content (AvgIpc) is 2.46. The lowest BCUT2D eigenvalue weighted by Gasteiger charge is -2.09. The number of halogens is 1. The molecule has 0 saturated carbocycles. The van der Waals surface area contributed by atoms with Crippen LogP contribution in [0, 0.1) is 0 Å². The highest BCUT2D eigenvalue weighted by atomic mass is 35.5. The standard InChI is InChI=1S/C16H15ClO2/c17-10-4-7-13-8-9-15(18)16(11-13)19-12-14-5-2-1-3-6-14/h1-9,11,18H,10,12H2. The van der Waals surface area contributed by atoms with Crippen molar-refractivity contribution in [2.45, 2.75) is 6.61 Å². The molecule has 0 bridgehead atoms. The lowest BCUT2D eigenvalue weighted by Crippen LogP contribution is -1.95. The summed E-state index contributed by atoms with van der Waals surface area (Å²) in [5.41, 5.74) is 2.00. The van der Waals surface area contributed by atoms with E-state index in [2.05, 4.69) is 0 Å². The van der Waals surface area contributed by atoms with Gasteiger partial charge in [-0.1, -0.05) is 48.6 Å². The maximum absolute atomic E-state index is 9.76. The van der Waals surface area contributed by atoms with E-state index in [1.165, 1.54) is 0 Å². The van der Waals surface area contributed by atoms with E-state index in [1.807, 2.05) is 48.6 Å². The van der Waals surface area contributed by atoms with Crippen LogP contribution in [0.25, 0.3) is 6.08 Å². The fourth-order valence-corrected chi connectivity index (χ4v) is 1.76. The number of allylic oxidation sites excluding steroid dienone is 1. The molecule has 19 heavy (non-hydrogen) atoms. The summed E-state index contributed by atoms with van der Waals surface area (Å²) < 4.78 is 5.63. The van der Waals surface area contributed by atoms with Crippen molar-refractivity contribution in [2.24, 2.45) is 0 Å². The Hall–Kier alpha value is -1.93. The lowest BCUT2D eigenvalue weighted by molar-refractivity contribution is 0.289. The zero-order valence-corrected chi connectivity index (χ0v) is 11.2. The number of phenols is 1. The predicted octanol–water partition coefficient (Wildman–Crippen LogP) is 4.22. The first-order chi connectivity index (χ1) is 9.29. The number of benzene rings is 2. The molecule has 3 heteroatoms. The summed E-state index contributed by atoms with van der Waals surface area (Å²) in [7, 11) is 0. The number of phenolic OH excluding ortho intramolecular Hbond substituents is 1. The van der Waals surface area contributed by atoms with Crippen molar-refractivity contribution in [1.82, 2.24) is 0 Å². The Morgan fingerprint density at radius 3 is 2.63 bits per heavy atom. The summed E-state index contributed by atoms with van der Waals surface area (Å²) in [6.07, 6.45) is 3.73. The third-order valence-corrected chi connectivity index (χ3v) is 2.80. The van der Waals surface area contributed by atoms with Crippen LogP contribution in [-0.2, 0) is 6.61 Å². The summed E-state index contributed by atoms with van der Waals surface area (Å²) in [5, 5.41) is 9.76. The maximum atomic E-state index is 9.76. The third kappa shape index (κ3) is 4.04. The van der Waals surface area contributed by atoms with Crippen LogP contribution >= 0.6 is 11.6 Å². The molecule has 0 atom stereocenters. The smallest absolute Gasteiger partial charge is 0.162 e. The molecule has 0 spiro atoms. The van der Waals surface area contributed by atoms with Crippen LogP contribution in [0.2, 0.25) is 0 Å². The number of alkyl halides is 1. The number of ether oxygens (including phenoxy) is 1. The number of hydrogen-bond donors (Lipinski definition) is 1. The molecule has 2 aromatic carbocycles. The summed E-state index contributed by atoms with van der Waals surface area (Å²) >= 11 is 5.60. The summed E-state index contributed by atoms with van der Waals surface area (Å²) in [6, 6.07) is 15.1. The second-order valence-corrected chi connectivity index (χ2v) is 4.37. The fraction of sp³-hybridized carbons (Fsp3) is 0.125. The highest BCUT2D eigenvalue weighted by molar-refractivity contribution is 6.19. The second-order valence-electron chi connectivity index (χ2n) is 4.06. The van der Waals surface area contributed by atoms with Crippen LogP contribution in [0.3, 0.4) is 0 Å². The molecule has 1 N–H and O–H groups in total. The van der Waals surface area contributed by atoms with Gasteiger partial charge in [0.2, 0.25) is 0 Å². The van der Waals surface area contributed by atoms with Crippen molar-refractivity contribution in [1.29, 1.82) is 0 Å². The zero-order valence-electron chi connectivity index (χ0n) is 10.4. The minimum Gasteiger partial charge on any atom is -0.504 e. The molecule has 0 fully saturated rings. The molecule has 0 amide bonds. The number of rotatable bonds is 5. The topological polar surface area (TPSA) is 29.5 Å². The van der Waals surface area contributed by atoms with Crippen molar-refractivity contribution in [3.8, 4) is 11.5 Å². The van der Waals surface area contributed by atoms with Crippen molar-refractivity contribution < 1.29 is 9.84 Å². The monoisotopic (exact) mass is 274 g/mol. The Kier molecular flexibility index (Phi) is 4.87. The van der Waals surface area contributed by atoms with Crippen molar-refractivity contribution in [2.75, 3.05) is 5.88 Å². The molecular formula is C16H15ClO2. The van der Waals surface area contributed by atoms with Gasteiger partial charge in [0.1, 0.15) is 6.61 Å². The molecule has 0 unspecified atom stereocenters. The largest absolute Gasteiger partial charge is 0.504 e. The van der Waals surface area contributed by atoms with E-state index in [4.69, 9.17) is 16.3 Å². The highest BCUT2D eigenvalue weighted by Crippen LogP contribution is 2.28. The van der Waals surface area contributed by atoms with E-state index in [-0.39, 0.29) is 5.75 Å². The van der Waals surface area contributed by atoms with Crippen LogP contribution in [0.1, 0.15) is 11.1 Å². The van der Waals surface area contributed by atoms with Gasteiger partial charge < -0.3 is 9.84 Å². The minimum absolute atomic E-state index is 0.138. The van der Waals surface area contributed by atoms with Crippen LogP contribution < -0.4 is 4.74 Å². The fourth-order valence-electron chi connectivity index (χ4n) is 1.67. The molecule has 0 aliphatic rings. The Balaban J connectivity index is 2.09. The summed E-state index contributed by atoms with van der Waals surface area (Å²) in [4.78, 5) is 0. The van der Waals surface area contributed by atoms with Crippen LogP contribution in [0.4, 0.5) is 0 Å². The van der Waals surface area contributed by atoms with E-state index in [9.17, 15) is 5.11 Å². The molecule has 0 aliphatic heterocycles. The summed E-state index contributed by atoms with van der Waals surface area (Å²) in [5.74, 6) is 1.07. The molecule has 0 radical (unpaired) electrons. The van der Waals surface area contributed by atoms with E-state index < -0.39 is 0 Å². The lowest BCUT2D eigenvalue weighted by atomic mass is 10.2. The van der Waals surface area contributed by atoms with E-state index in [0.29, 0.717) is 18.2 Å². The Morgan fingerprint density at radius 2 is 1.89 bits per heavy atom. The number of aromatic hydroxyl groups is 1. The molecule has 0 aliphatic carbocycles. The van der Waals surface area contributed by atoms with Gasteiger partial charge in [-0.15, -0.1) is 11.6 Å². The normalized spacial score (nSPS) is 10.8. The van der Waals surface area contributed by atoms with Crippen LogP contribution in [0.5, 0.6) is 11.5 Å². The van der Waals surface area contributed by atoms with E-state index in [0.717, 1.165) is 11.1 Å². The van der Waals surface area contributed by atoms with Gasteiger partial charge in [-0.25, -0.2) is 0 Å². The van der Waals surface area contributed by atoms with Crippen LogP contribution in [0.15, 0.2) is 54.6 Å². The SMILES string of the molecule is Oc1ccc(C=CCCl)cc1OCc1ccccc1. The zero-order chi connectivity index (χ0) is 13.5. The molecule has 0 heterocycles. The quantitative estimate of drug-likeness (QED) is 0.827. The summed E-state index contributed by atoms with van der Waals surface area (Å²) in [6.45, 7) is 0.428. The van der Waals surface area contributed by atoms with Gasteiger partial charge >= 0.3 is 0 Å². The molecular weight excluding hydrogens is 260 g/mol. The molecule has 0 aromatic heterocycles. The van der Waals surface area contributed by atoms with Crippen molar-refractivity contribution in [3.05, 3.63) is 65.7 Å². The first kappa shape index (κ1) is 13.5. The van der Waals surface area contributed by atoms with Gasteiger partial charge in [-0.05, 0) is 23.3 Å². The molecule has 2 rings (SSSR count). The van der Waals surface area contributed by atoms with Gasteiger partial charge in [0.15, 0.2) is 11.5 Å². The second kappa shape index (κ2) is 6.86. The maximum Gasteiger partial charge on any atom is 0.162 e. The van der Waals surface area contributed by atoms with Gasteiger partial charge in [0, 0.05) is 5.88 Å². The Bertz CT molecular complexity index is 550. The average molecular weight is 275 g/mol. The first-order valence-corrected chi connectivity index (χ1v) is 6.55. The van der Waals surface area contributed by atoms with Gasteiger partial charge in [0.05, 0.1) is 0 Å². The van der Waals surface area contributed by atoms with Crippen molar-refractivity contribution >= 4 is 17.7 Å². The first-order valence-electron chi connectivity index (χ1n) is 6.02. The van der Waals surface area contributed by atoms with E-state index in [1.54, 1.807) is 12.1 Å². The van der Waals surface area contributed by atoms with Gasteiger partial charge in [-0.3, -0.25) is 0 Å². The van der Waals surface area contributed by atoms with Crippen LogP contribution in [-0.4, -0.2) is 11.0 Å². The van der Waals surface area contributed by atoms with Crippen molar-refractivity contribution in [3.63, 3.8) is 0 Å². The highest BCUT2D eigenvalue weighted by Gasteiger charge is 2.03. The minimum atomic E-state index is 0.138. The molecule has 98 valence electrons. The molecule has 2 aromatic rings. The Labute approximate surface area is 117 Å². The number of hydrogen-bond acceptors (Lipinski definition) is 2. The molecule has 0 saturated heterocycles. The third-order valence-electron chi connectivity index (χ3n) is 2.62. The predicted molar refractivity (Wildman–Crippen MR) is 78.6 cm³/mol. The van der Waals surface area contributed by atoms with Gasteiger partial charge in [0.25, 0.3) is 0 Å². The van der Waals surface area contributed by atoms with Gasteiger partial charge in [-0.2, -0.15) is 0 Å². The van der Waals surface area contributed by atoms with E-state index >= 15 is 0 Å².